The van der Waals surface area contributed by atoms with Crippen LogP contribution in [0, 0.1) is 0 Å². The summed E-state index contributed by atoms with van der Waals surface area (Å²) >= 11 is 0. The smallest absolute Gasteiger partial charge is 0.408 e. The van der Waals surface area contributed by atoms with Gasteiger partial charge in [-0.2, -0.15) is 0 Å². The van der Waals surface area contributed by atoms with Crippen molar-refractivity contribution in [2.24, 2.45) is 0 Å². The van der Waals surface area contributed by atoms with E-state index in [0.717, 1.165) is 18.8 Å². The van der Waals surface area contributed by atoms with Crippen molar-refractivity contribution >= 4 is 17.7 Å². The van der Waals surface area contributed by atoms with Gasteiger partial charge in [-0.25, -0.2) is 9.59 Å². The number of hydrogen-bond acceptors (Lipinski definition) is 6. The summed E-state index contributed by atoms with van der Waals surface area (Å²) in [6.45, 7) is 8.34. The van der Waals surface area contributed by atoms with Crippen LogP contribution in [0.4, 0.5) is 10.5 Å². The van der Waals surface area contributed by atoms with E-state index in [9.17, 15) is 9.59 Å². The number of nitrogens with one attached hydrogen (secondary N) is 1. The Morgan fingerprint density at radius 2 is 1.76 bits per heavy atom. The lowest BCUT2D eigenvalue weighted by molar-refractivity contribution is -0.143. The number of alkyl carbamates (subject to hydrolysis) is 1. The van der Waals surface area contributed by atoms with Gasteiger partial charge in [0.05, 0.1) is 20.3 Å². The molecule has 1 atom stereocenters. The van der Waals surface area contributed by atoms with Crippen molar-refractivity contribution in [3.63, 3.8) is 0 Å². The maximum atomic E-state index is 12.1. The third kappa shape index (κ3) is 5.63. The lowest BCUT2D eigenvalue weighted by atomic mass is 10.1. The van der Waals surface area contributed by atoms with Gasteiger partial charge in [0.1, 0.15) is 5.60 Å². The fourth-order valence-electron chi connectivity index (χ4n) is 2.52. The molecule has 1 aromatic carbocycles. The number of carbonyl (C=O) groups excluding carboxylic acids is 2. The summed E-state index contributed by atoms with van der Waals surface area (Å²) in [5.74, 6) is -0.551. The van der Waals surface area contributed by atoms with Crippen LogP contribution in [0.1, 0.15) is 32.4 Å². The fourth-order valence-corrected chi connectivity index (χ4v) is 2.52. The first-order chi connectivity index (χ1) is 11.8. The molecule has 1 fully saturated rings. The molecule has 0 aromatic heterocycles. The number of esters is 1. The van der Waals surface area contributed by atoms with Crippen molar-refractivity contribution < 1.29 is 23.8 Å². The van der Waals surface area contributed by atoms with Crippen molar-refractivity contribution in [3.05, 3.63) is 29.8 Å². The number of methoxy groups -OCH3 is 1. The first kappa shape index (κ1) is 19.1. The topological polar surface area (TPSA) is 77.1 Å². The number of amides is 1. The van der Waals surface area contributed by atoms with Gasteiger partial charge in [-0.15, -0.1) is 0 Å². The van der Waals surface area contributed by atoms with Crippen molar-refractivity contribution in [2.45, 2.75) is 32.4 Å². The van der Waals surface area contributed by atoms with E-state index in [-0.39, 0.29) is 0 Å². The number of benzene rings is 1. The lowest BCUT2D eigenvalue weighted by Gasteiger charge is -2.29. The molecule has 138 valence electrons. The summed E-state index contributed by atoms with van der Waals surface area (Å²) in [6.07, 6.45) is -0.667. The van der Waals surface area contributed by atoms with Crippen LogP contribution in [0.2, 0.25) is 0 Å². The minimum atomic E-state index is -0.918. The van der Waals surface area contributed by atoms with Crippen LogP contribution in [-0.4, -0.2) is 51.1 Å². The lowest BCUT2D eigenvalue weighted by Crippen LogP contribution is -2.38. The molecule has 25 heavy (non-hydrogen) atoms. The van der Waals surface area contributed by atoms with Gasteiger partial charge in [0.15, 0.2) is 6.04 Å². The van der Waals surface area contributed by atoms with Crippen molar-refractivity contribution in [2.75, 3.05) is 38.3 Å². The highest BCUT2D eigenvalue weighted by atomic mass is 16.6. The zero-order valence-corrected chi connectivity index (χ0v) is 15.2. The highest BCUT2D eigenvalue weighted by Gasteiger charge is 2.26. The summed E-state index contributed by atoms with van der Waals surface area (Å²) in [5, 5.41) is 2.57. The number of hydrogen-bond donors (Lipinski definition) is 1. The summed E-state index contributed by atoms with van der Waals surface area (Å²) in [6, 6.07) is 6.55. The molecule has 0 spiro atoms. The molecule has 2 rings (SSSR count). The Labute approximate surface area is 148 Å². The quantitative estimate of drug-likeness (QED) is 0.840. The molecule has 1 unspecified atom stereocenters. The molecule has 1 N–H and O–H groups in total. The van der Waals surface area contributed by atoms with Crippen molar-refractivity contribution in [3.8, 4) is 0 Å². The van der Waals surface area contributed by atoms with Gasteiger partial charge in [-0.05, 0) is 38.5 Å². The van der Waals surface area contributed by atoms with Gasteiger partial charge in [-0.3, -0.25) is 0 Å². The predicted octanol–water partition coefficient (Wildman–Crippen LogP) is 2.26. The minimum absolute atomic E-state index is 0.551. The molecule has 7 heteroatoms. The van der Waals surface area contributed by atoms with Crippen molar-refractivity contribution in [1.82, 2.24) is 5.32 Å². The molecular weight excluding hydrogens is 324 g/mol. The van der Waals surface area contributed by atoms with E-state index in [1.807, 2.05) is 24.3 Å². The SMILES string of the molecule is COC(=O)C(NC(=O)OC(C)(C)C)c1ccc(N2CCOCC2)cc1. The van der Waals surface area contributed by atoms with E-state index in [1.54, 1.807) is 20.8 Å². The number of anilines is 1. The third-order valence-corrected chi connectivity index (χ3v) is 3.70. The second kappa shape index (κ2) is 8.20. The van der Waals surface area contributed by atoms with Gasteiger partial charge < -0.3 is 24.4 Å². The van der Waals surface area contributed by atoms with Crippen LogP contribution in [0.15, 0.2) is 24.3 Å². The molecule has 1 aromatic rings. The van der Waals surface area contributed by atoms with Gasteiger partial charge in [0.25, 0.3) is 0 Å². The van der Waals surface area contributed by atoms with E-state index >= 15 is 0 Å². The molecule has 7 nitrogen and oxygen atoms in total. The largest absolute Gasteiger partial charge is 0.467 e. The number of rotatable bonds is 4. The second-order valence-corrected chi connectivity index (χ2v) is 6.79. The maximum Gasteiger partial charge on any atom is 0.408 e. The number of morpholine rings is 1. The standard InChI is InChI=1S/C18H26N2O5/c1-18(2,3)25-17(22)19-15(16(21)23-4)13-5-7-14(8-6-13)20-9-11-24-12-10-20/h5-8,15H,9-12H2,1-4H3,(H,19,22). The summed E-state index contributed by atoms with van der Waals surface area (Å²) in [4.78, 5) is 26.3. The van der Waals surface area contributed by atoms with E-state index in [4.69, 9.17) is 14.2 Å². The Morgan fingerprint density at radius 3 is 2.28 bits per heavy atom. The van der Waals surface area contributed by atoms with E-state index < -0.39 is 23.7 Å². The van der Waals surface area contributed by atoms with Crippen LogP contribution in [0.5, 0.6) is 0 Å². The number of ether oxygens (including phenoxy) is 3. The molecule has 1 heterocycles. The molecule has 0 radical (unpaired) electrons. The van der Waals surface area contributed by atoms with Gasteiger partial charge in [-0.1, -0.05) is 12.1 Å². The Bertz CT molecular complexity index is 588. The Kier molecular flexibility index (Phi) is 6.25. The molecule has 1 amide bonds. The van der Waals surface area contributed by atoms with Gasteiger partial charge in [0, 0.05) is 18.8 Å². The zero-order valence-electron chi connectivity index (χ0n) is 15.2. The summed E-state index contributed by atoms with van der Waals surface area (Å²) in [5.41, 5.74) is 1.04. The Balaban J connectivity index is 2.11. The monoisotopic (exact) mass is 350 g/mol. The predicted molar refractivity (Wildman–Crippen MR) is 93.6 cm³/mol. The van der Waals surface area contributed by atoms with Crippen LogP contribution in [0.25, 0.3) is 0 Å². The van der Waals surface area contributed by atoms with E-state index in [0.29, 0.717) is 18.8 Å². The number of nitrogens with zero attached hydrogens (tertiary/aromatic N) is 1. The highest BCUT2D eigenvalue weighted by Crippen LogP contribution is 2.21. The highest BCUT2D eigenvalue weighted by molar-refractivity contribution is 5.83. The van der Waals surface area contributed by atoms with E-state index in [2.05, 4.69) is 10.2 Å². The molecule has 0 saturated carbocycles. The minimum Gasteiger partial charge on any atom is -0.467 e. The molecule has 1 saturated heterocycles. The zero-order chi connectivity index (χ0) is 18.4. The first-order valence-electron chi connectivity index (χ1n) is 8.30. The van der Waals surface area contributed by atoms with Gasteiger partial charge in [0.2, 0.25) is 0 Å². The van der Waals surface area contributed by atoms with Crippen LogP contribution in [-0.2, 0) is 19.0 Å². The van der Waals surface area contributed by atoms with Crippen LogP contribution in [0.3, 0.4) is 0 Å². The summed E-state index contributed by atoms with van der Waals surface area (Å²) in [7, 11) is 1.29. The van der Waals surface area contributed by atoms with Crippen molar-refractivity contribution in [1.29, 1.82) is 0 Å². The third-order valence-electron chi connectivity index (χ3n) is 3.70. The molecule has 0 aliphatic carbocycles. The van der Waals surface area contributed by atoms with Crippen LogP contribution < -0.4 is 10.2 Å². The average molecular weight is 350 g/mol. The fraction of sp³-hybridized carbons (Fsp3) is 0.556. The van der Waals surface area contributed by atoms with Crippen LogP contribution >= 0.6 is 0 Å². The second-order valence-electron chi connectivity index (χ2n) is 6.79. The molecular formula is C18H26N2O5. The Hall–Kier alpha value is -2.28. The average Bonchev–Trinajstić information content (AvgIpc) is 2.58. The molecule has 1 aliphatic heterocycles. The molecule has 0 bridgehead atoms. The summed E-state index contributed by atoms with van der Waals surface area (Å²) < 4.78 is 15.4. The number of carbonyl (C=O) groups is 2. The first-order valence-corrected chi connectivity index (χ1v) is 8.30. The maximum absolute atomic E-state index is 12.1. The molecule has 1 aliphatic rings. The normalized spacial score (nSPS) is 16.1. The Morgan fingerprint density at radius 1 is 1.16 bits per heavy atom. The van der Waals surface area contributed by atoms with E-state index in [1.165, 1.54) is 7.11 Å². The van der Waals surface area contributed by atoms with Gasteiger partial charge >= 0.3 is 12.1 Å².